The number of likely N-dealkylation sites (tertiary alicyclic amines) is 1. The highest BCUT2D eigenvalue weighted by Gasteiger charge is 2.33. The summed E-state index contributed by atoms with van der Waals surface area (Å²) in [7, 11) is 0. The maximum atomic E-state index is 5.85. The van der Waals surface area contributed by atoms with Crippen LogP contribution in [0.4, 0.5) is 0 Å². The standard InChI is InChI=1S/C15H26N4O.ClH/c1-15(10-16)7-8-19(11-15)9-13-17-14(20-18-13)12-5-3-2-4-6-12;/h12H,2-11,16H2,1H3;1H. The van der Waals surface area contributed by atoms with Gasteiger partial charge in [0, 0.05) is 12.5 Å². The minimum absolute atomic E-state index is 0. The highest BCUT2D eigenvalue weighted by molar-refractivity contribution is 5.85. The molecule has 1 unspecified atom stereocenters. The van der Waals surface area contributed by atoms with E-state index in [1.807, 2.05) is 0 Å². The summed E-state index contributed by atoms with van der Waals surface area (Å²) in [6.45, 7) is 5.93. The Morgan fingerprint density at radius 2 is 2.10 bits per heavy atom. The topological polar surface area (TPSA) is 68.2 Å². The average molecular weight is 315 g/mol. The van der Waals surface area contributed by atoms with Crippen LogP contribution in [0, 0.1) is 5.41 Å². The van der Waals surface area contributed by atoms with Gasteiger partial charge in [0.05, 0.1) is 6.54 Å². The van der Waals surface area contributed by atoms with E-state index in [0.717, 1.165) is 44.3 Å². The summed E-state index contributed by atoms with van der Waals surface area (Å²) in [6, 6.07) is 0. The van der Waals surface area contributed by atoms with Crippen LogP contribution in [0.2, 0.25) is 0 Å². The number of rotatable bonds is 4. The molecule has 2 fully saturated rings. The molecule has 0 bridgehead atoms. The van der Waals surface area contributed by atoms with Crippen molar-refractivity contribution in [1.29, 1.82) is 0 Å². The van der Waals surface area contributed by atoms with E-state index in [4.69, 9.17) is 10.3 Å². The lowest BCUT2D eigenvalue weighted by Crippen LogP contribution is -2.31. The van der Waals surface area contributed by atoms with Gasteiger partial charge in [-0.05, 0) is 37.8 Å². The van der Waals surface area contributed by atoms with Gasteiger partial charge in [-0.25, -0.2) is 0 Å². The number of halogens is 1. The molecule has 1 aromatic rings. The van der Waals surface area contributed by atoms with Crippen LogP contribution >= 0.6 is 12.4 Å². The number of hydrogen-bond acceptors (Lipinski definition) is 5. The molecule has 6 heteroatoms. The van der Waals surface area contributed by atoms with Gasteiger partial charge in [0.25, 0.3) is 0 Å². The first-order chi connectivity index (χ1) is 9.68. The molecule has 5 nitrogen and oxygen atoms in total. The van der Waals surface area contributed by atoms with Crippen LogP contribution in [-0.2, 0) is 6.54 Å². The molecule has 2 aliphatic rings. The van der Waals surface area contributed by atoms with E-state index in [0.29, 0.717) is 5.92 Å². The molecule has 1 aliphatic carbocycles. The lowest BCUT2D eigenvalue weighted by atomic mass is 9.89. The zero-order valence-corrected chi connectivity index (χ0v) is 13.7. The second-order valence-corrected chi connectivity index (χ2v) is 6.86. The van der Waals surface area contributed by atoms with Crippen molar-refractivity contribution in [3.63, 3.8) is 0 Å². The molecule has 1 saturated carbocycles. The van der Waals surface area contributed by atoms with E-state index in [1.165, 1.54) is 32.1 Å². The molecule has 1 atom stereocenters. The van der Waals surface area contributed by atoms with Crippen molar-refractivity contribution in [1.82, 2.24) is 15.0 Å². The highest BCUT2D eigenvalue weighted by atomic mass is 35.5. The normalized spacial score (nSPS) is 27.7. The van der Waals surface area contributed by atoms with E-state index in [1.54, 1.807) is 0 Å². The first-order valence-corrected chi connectivity index (χ1v) is 7.93. The van der Waals surface area contributed by atoms with Crippen LogP contribution in [0.5, 0.6) is 0 Å². The number of nitrogens with two attached hydrogens (primary N) is 1. The number of nitrogens with zero attached hydrogens (tertiary/aromatic N) is 3. The summed E-state index contributed by atoms with van der Waals surface area (Å²) in [5.41, 5.74) is 6.11. The first-order valence-electron chi connectivity index (χ1n) is 7.93. The Kier molecular flexibility index (Phi) is 5.63. The van der Waals surface area contributed by atoms with E-state index < -0.39 is 0 Å². The third-order valence-electron chi connectivity index (χ3n) is 4.93. The SMILES string of the molecule is CC1(CN)CCN(Cc2noc(C3CCCCC3)n2)C1.Cl. The smallest absolute Gasteiger partial charge is 0.229 e. The molecule has 1 aromatic heterocycles. The fourth-order valence-electron chi connectivity index (χ4n) is 3.47. The predicted octanol–water partition coefficient (Wildman–Crippen LogP) is 2.71. The Hall–Kier alpha value is -0.650. The van der Waals surface area contributed by atoms with Crippen molar-refractivity contribution in [2.45, 2.75) is 57.9 Å². The Labute approximate surface area is 133 Å². The Balaban J connectivity index is 0.00000161. The maximum absolute atomic E-state index is 5.85. The van der Waals surface area contributed by atoms with E-state index >= 15 is 0 Å². The Morgan fingerprint density at radius 1 is 1.33 bits per heavy atom. The monoisotopic (exact) mass is 314 g/mol. The molecule has 1 saturated heterocycles. The minimum atomic E-state index is 0. The van der Waals surface area contributed by atoms with Gasteiger partial charge in [-0.2, -0.15) is 4.98 Å². The van der Waals surface area contributed by atoms with Gasteiger partial charge in [-0.3, -0.25) is 4.90 Å². The van der Waals surface area contributed by atoms with Gasteiger partial charge in [-0.15, -0.1) is 12.4 Å². The summed E-state index contributed by atoms with van der Waals surface area (Å²) in [4.78, 5) is 7.01. The minimum Gasteiger partial charge on any atom is -0.339 e. The molecule has 120 valence electrons. The lowest BCUT2D eigenvalue weighted by Gasteiger charge is -2.21. The molecule has 21 heavy (non-hydrogen) atoms. The quantitative estimate of drug-likeness (QED) is 0.925. The van der Waals surface area contributed by atoms with Crippen molar-refractivity contribution in [2.24, 2.45) is 11.1 Å². The van der Waals surface area contributed by atoms with Gasteiger partial charge in [0.2, 0.25) is 5.89 Å². The fraction of sp³-hybridized carbons (Fsp3) is 0.867. The zero-order chi connectivity index (χ0) is 14.0. The van der Waals surface area contributed by atoms with Crippen LogP contribution in [0.3, 0.4) is 0 Å². The second-order valence-electron chi connectivity index (χ2n) is 6.86. The van der Waals surface area contributed by atoms with Gasteiger partial charge in [0.1, 0.15) is 0 Å². The third-order valence-corrected chi connectivity index (χ3v) is 4.93. The molecule has 2 N–H and O–H groups in total. The molecule has 0 aromatic carbocycles. The van der Waals surface area contributed by atoms with Gasteiger partial charge >= 0.3 is 0 Å². The van der Waals surface area contributed by atoms with E-state index in [-0.39, 0.29) is 17.8 Å². The summed E-state index contributed by atoms with van der Waals surface area (Å²) in [5.74, 6) is 2.20. The first kappa shape index (κ1) is 16.7. The van der Waals surface area contributed by atoms with Crippen LogP contribution in [-0.4, -0.2) is 34.7 Å². The van der Waals surface area contributed by atoms with Crippen LogP contribution in [0.15, 0.2) is 4.52 Å². The predicted molar refractivity (Wildman–Crippen MR) is 84.4 cm³/mol. The van der Waals surface area contributed by atoms with E-state index in [2.05, 4.69) is 22.0 Å². The molecule has 1 aliphatic heterocycles. The summed E-state index contributed by atoms with van der Waals surface area (Å²) < 4.78 is 5.48. The molecule has 3 rings (SSSR count). The second kappa shape index (κ2) is 7.07. The highest BCUT2D eigenvalue weighted by Crippen LogP contribution is 2.32. The average Bonchev–Trinajstić information content (AvgIpc) is 3.08. The number of hydrogen-bond donors (Lipinski definition) is 1. The van der Waals surface area contributed by atoms with Crippen LogP contribution in [0.25, 0.3) is 0 Å². The summed E-state index contributed by atoms with van der Waals surface area (Å²) in [5, 5.41) is 4.17. The molecule has 0 spiro atoms. The van der Waals surface area contributed by atoms with Crippen LogP contribution < -0.4 is 5.73 Å². The summed E-state index contributed by atoms with van der Waals surface area (Å²) >= 11 is 0. The van der Waals surface area contributed by atoms with Crippen molar-refractivity contribution in [2.75, 3.05) is 19.6 Å². The van der Waals surface area contributed by atoms with Crippen molar-refractivity contribution in [3.05, 3.63) is 11.7 Å². The van der Waals surface area contributed by atoms with Crippen LogP contribution in [0.1, 0.15) is 63.1 Å². The molecular formula is C15H27ClN4O. The molecule has 0 radical (unpaired) electrons. The van der Waals surface area contributed by atoms with Crippen molar-refractivity contribution < 1.29 is 4.52 Å². The summed E-state index contributed by atoms with van der Waals surface area (Å²) in [6.07, 6.45) is 7.51. The molecular weight excluding hydrogens is 288 g/mol. The largest absolute Gasteiger partial charge is 0.339 e. The van der Waals surface area contributed by atoms with Gasteiger partial charge < -0.3 is 10.3 Å². The molecule has 0 amide bonds. The Morgan fingerprint density at radius 3 is 2.76 bits per heavy atom. The fourth-order valence-corrected chi connectivity index (χ4v) is 3.47. The van der Waals surface area contributed by atoms with E-state index in [9.17, 15) is 0 Å². The zero-order valence-electron chi connectivity index (χ0n) is 12.9. The Bertz CT molecular complexity index is 447. The van der Waals surface area contributed by atoms with Gasteiger partial charge in [0.15, 0.2) is 5.82 Å². The van der Waals surface area contributed by atoms with Crippen molar-refractivity contribution in [3.8, 4) is 0 Å². The molecule has 2 heterocycles. The van der Waals surface area contributed by atoms with Crippen molar-refractivity contribution >= 4 is 12.4 Å². The lowest BCUT2D eigenvalue weighted by molar-refractivity contribution is 0.263. The third kappa shape index (κ3) is 3.96. The maximum Gasteiger partial charge on any atom is 0.229 e. The van der Waals surface area contributed by atoms with Gasteiger partial charge in [-0.1, -0.05) is 31.3 Å². The number of aromatic nitrogens is 2.